The fraction of sp³-hybridized carbons (Fsp3) is 0.688. The highest BCUT2D eigenvalue weighted by molar-refractivity contribution is 7.98. The van der Waals surface area contributed by atoms with Gasteiger partial charge in [-0.05, 0) is 25.4 Å². The van der Waals surface area contributed by atoms with Gasteiger partial charge in [-0.15, -0.1) is 0 Å². The largest absolute Gasteiger partial charge is 0.465 e. The van der Waals surface area contributed by atoms with E-state index in [0.717, 1.165) is 5.75 Å². The molecular weight excluding hydrogens is 318 g/mol. The lowest BCUT2D eigenvalue weighted by molar-refractivity contribution is -0.156. The zero-order valence-electron chi connectivity index (χ0n) is 13.9. The Labute approximate surface area is 141 Å². The topological polar surface area (TPSA) is 81.7 Å². The van der Waals surface area contributed by atoms with E-state index in [1.54, 1.807) is 24.8 Å². The Kier molecular flexibility index (Phi) is 8.76. The van der Waals surface area contributed by atoms with Crippen LogP contribution in [0.5, 0.6) is 0 Å². The van der Waals surface area contributed by atoms with E-state index in [4.69, 9.17) is 9.47 Å². The van der Waals surface area contributed by atoms with Crippen LogP contribution in [-0.4, -0.2) is 49.1 Å². The summed E-state index contributed by atoms with van der Waals surface area (Å²) >= 11 is 1.59. The van der Waals surface area contributed by atoms with Crippen molar-refractivity contribution in [2.75, 3.05) is 25.2 Å². The van der Waals surface area contributed by atoms with Gasteiger partial charge in [-0.3, -0.25) is 9.59 Å². The first-order valence-corrected chi connectivity index (χ1v) is 9.11. The summed E-state index contributed by atoms with van der Waals surface area (Å²) in [6, 6.07) is -0.688. The van der Waals surface area contributed by atoms with E-state index < -0.39 is 17.9 Å². The van der Waals surface area contributed by atoms with Gasteiger partial charge in [-0.25, -0.2) is 4.79 Å². The molecular formula is C16H25NO5S. The standard InChI is InChI=1S/C16H25NO5S/c1-11-5-4-6-14(18)17-13(7-8-23-3)16(20)22-10-12(2)15(19)21-9-11/h4-5,11-13H,6-10H2,1-3H3,(H,17,18)/b5-4+/t11-,12-,13+/m1/s1. The Morgan fingerprint density at radius 3 is 2.57 bits per heavy atom. The third kappa shape index (κ3) is 7.54. The average molecular weight is 343 g/mol. The van der Waals surface area contributed by atoms with Gasteiger partial charge in [0.25, 0.3) is 0 Å². The third-order valence-electron chi connectivity index (χ3n) is 3.36. The zero-order chi connectivity index (χ0) is 17.2. The van der Waals surface area contributed by atoms with Crippen LogP contribution in [0.4, 0.5) is 0 Å². The van der Waals surface area contributed by atoms with E-state index in [9.17, 15) is 14.4 Å². The maximum atomic E-state index is 12.1. The number of rotatable bonds is 3. The smallest absolute Gasteiger partial charge is 0.328 e. The lowest BCUT2D eigenvalue weighted by atomic mass is 10.1. The summed E-state index contributed by atoms with van der Waals surface area (Å²) in [4.78, 5) is 35.9. The van der Waals surface area contributed by atoms with Gasteiger partial charge in [0.15, 0.2) is 0 Å². The molecule has 0 aromatic carbocycles. The second-order valence-corrected chi connectivity index (χ2v) is 6.66. The Morgan fingerprint density at radius 1 is 1.17 bits per heavy atom. The molecule has 0 spiro atoms. The zero-order valence-corrected chi connectivity index (χ0v) is 14.7. The molecule has 1 aliphatic heterocycles. The van der Waals surface area contributed by atoms with Crippen LogP contribution in [-0.2, 0) is 23.9 Å². The lowest BCUT2D eigenvalue weighted by Gasteiger charge is -2.19. The number of ether oxygens (including phenoxy) is 2. The molecule has 0 saturated carbocycles. The number of cyclic esters (lactones) is 2. The Bertz CT molecular complexity index is 452. The molecule has 0 aromatic rings. The number of hydrogen-bond acceptors (Lipinski definition) is 6. The summed E-state index contributed by atoms with van der Waals surface area (Å²) in [5.41, 5.74) is 0. The SMILES string of the molecule is CSCC[C@@H]1NC(=O)C/C=C/[C@@H](C)COC(=O)[C@H](C)COC1=O. The summed E-state index contributed by atoms with van der Waals surface area (Å²) < 4.78 is 10.4. The molecule has 23 heavy (non-hydrogen) atoms. The number of carbonyl (C=O) groups is 3. The van der Waals surface area contributed by atoms with Crippen molar-refractivity contribution in [2.45, 2.75) is 32.7 Å². The van der Waals surface area contributed by atoms with Crippen molar-refractivity contribution in [3.63, 3.8) is 0 Å². The highest BCUT2D eigenvalue weighted by Crippen LogP contribution is 2.08. The molecule has 1 rings (SSSR count). The Morgan fingerprint density at radius 2 is 1.87 bits per heavy atom. The van der Waals surface area contributed by atoms with Gasteiger partial charge in [0.2, 0.25) is 5.91 Å². The molecule has 1 aliphatic rings. The van der Waals surface area contributed by atoms with Crippen LogP contribution in [0.1, 0.15) is 26.7 Å². The Balaban J connectivity index is 2.80. The van der Waals surface area contributed by atoms with E-state index in [-0.39, 0.29) is 37.4 Å². The molecule has 0 bridgehead atoms. The summed E-state index contributed by atoms with van der Waals surface area (Å²) in [7, 11) is 0. The van der Waals surface area contributed by atoms with Gasteiger partial charge in [-0.2, -0.15) is 11.8 Å². The lowest BCUT2D eigenvalue weighted by Crippen LogP contribution is -2.42. The summed E-state index contributed by atoms with van der Waals surface area (Å²) in [6.07, 6.45) is 6.15. The summed E-state index contributed by atoms with van der Waals surface area (Å²) in [6.45, 7) is 3.75. The van der Waals surface area contributed by atoms with Gasteiger partial charge < -0.3 is 14.8 Å². The van der Waals surface area contributed by atoms with Crippen molar-refractivity contribution in [1.29, 1.82) is 0 Å². The molecule has 1 N–H and O–H groups in total. The predicted octanol–water partition coefficient (Wildman–Crippen LogP) is 1.54. The molecule has 3 atom stereocenters. The highest BCUT2D eigenvalue weighted by atomic mass is 32.2. The van der Waals surface area contributed by atoms with E-state index >= 15 is 0 Å². The van der Waals surface area contributed by atoms with E-state index in [1.807, 2.05) is 19.3 Å². The van der Waals surface area contributed by atoms with E-state index in [2.05, 4.69) is 5.32 Å². The second-order valence-electron chi connectivity index (χ2n) is 5.67. The second kappa shape index (κ2) is 10.3. The molecule has 0 aliphatic carbocycles. The first-order valence-electron chi connectivity index (χ1n) is 7.72. The minimum absolute atomic E-state index is 0.0247. The van der Waals surface area contributed by atoms with Crippen LogP contribution in [0.3, 0.4) is 0 Å². The van der Waals surface area contributed by atoms with Gasteiger partial charge >= 0.3 is 11.9 Å². The van der Waals surface area contributed by atoms with Gasteiger partial charge in [0, 0.05) is 12.3 Å². The average Bonchev–Trinajstić information content (AvgIpc) is 2.52. The number of thioether (sulfide) groups is 1. The number of nitrogens with one attached hydrogen (secondary N) is 1. The summed E-state index contributed by atoms with van der Waals surface area (Å²) in [5.74, 6) is -0.906. The molecule has 7 heteroatoms. The van der Waals surface area contributed by atoms with E-state index in [0.29, 0.717) is 6.42 Å². The van der Waals surface area contributed by atoms with Gasteiger partial charge in [-0.1, -0.05) is 19.1 Å². The number of esters is 2. The van der Waals surface area contributed by atoms with Gasteiger partial charge in [0.1, 0.15) is 12.6 Å². The van der Waals surface area contributed by atoms with Crippen LogP contribution in [0.25, 0.3) is 0 Å². The highest BCUT2D eigenvalue weighted by Gasteiger charge is 2.24. The molecule has 0 aromatic heterocycles. The first-order chi connectivity index (χ1) is 10.9. The molecule has 0 radical (unpaired) electrons. The van der Waals surface area contributed by atoms with Crippen LogP contribution in [0.15, 0.2) is 12.2 Å². The van der Waals surface area contributed by atoms with Gasteiger partial charge in [0.05, 0.1) is 12.5 Å². The molecule has 0 fully saturated rings. The molecule has 0 unspecified atom stereocenters. The fourth-order valence-electron chi connectivity index (χ4n) is 1.93. The molecule has 130 valence electrons. The molecule has 0 saturated heterocycles. The third-order valence-corrected chi connectivity index (χ3v) is 4.01. The quantitative estimate of drug-likeness (QED) is 0.618. The van der Waals surface area contributed by atoms with Crippen LogP contribution in [0.2, 0.25) is 0 Å². The van der Waals surface area contributed by atoms with Crippen molar-refractivity contribution in [2.24, 2.45) is 11.8 Å². The number of hydrogen-bond donors (Lipinski definition) is 1. The van der Waals surface area contributed by atoms with Crippen LogP contribution in [0, 0.1) is 11.8 Å². The normalized spacial score (nSPS) is 29.0. The number of amides is 1. The van der Waals surface area contributed by atoms with Crippen molar-refractivity contribution >= 4 is 29.6 Å². The minimum Gasteiger partial charge on any atom is -0.465 e. The molecule has 1 heterocycles. The molecule has 6 nitrogen and oxygen atoms in total. The maximum Gasteiger partial charge on any atom is 0.328 e. The van der Waals surface area contributed by atoms with Crippen LogP contribution < -0.4 is 5.32 Å². The monoisotopic (exact) mass is 343 g/mol. The minimum atomic E-state index is -0.688. The first kappa shape index (κ1) is 19.5. The predicted molar refractivity (Wildman–Crippen MR) is 88.9 cm³/mol. The Hall–Kier alpha value is -1.50. The maximum absolute atomic E-state index is 12.1. The van der Waals surface area contributed by atoms with E-state index in [1.165, 1.54) is 0 Å². The van der Waals surface area contributed by atoms with Crippen molar-refractivity contribution in [3.8, 4) is 0 Å². The van der Waals surface area contributed by atoms with Crippen molar-refractivity contribution < 1.29 is 23.9 Å². The van der Waals surface area contributed by atoms with Crippen molar-refractivity contribution in [3.05, 3.63) is 12.2 Å². The molecule has 1 amide bonds. The van der Waals surface area contributed by atoms with Crippen LogP contribution >= 0.6 is 11.8 Å². The summed E-state index contributed by atoms with van der Waals surface area (Å²) in [5, 5.41) is 2.70. The number of carbonyl (C=O) groups excluding carboxylic acids is 3. The van der Waals surface area contributed by atoms with Crippen molar-refractivity contribution in [1.82, 2.24) is 5.32 Å². The fourth-order valence-corrected chi connectivity index (χ4v) is 2.40.